The summed E-state index contributed by atoms with van der Waals surface area (Å²) < 4.78 is 12.1. The van der Waals surface area contributed by atoms with Crippen molar-refractivity contribution in [2.75, 3.05) is 23.8 Å². The first kappa shape index (κ1) is 34.7. The van der Waals surface area contributed by atoms with Gasteiger partial charge in [0.15, 0.2) is 5.78 Å². The van der Waals surface area contributed by atoms with Gasteiger partial charge in [-0.2, -0.15) is 0 Å². The van der Waals surface area contributed by atoms with E-state index in [0.29, 0.717) is 5.94 Å². The number of halogens is 1. The average Bonchev–Trinajstić information content (AvgIpc) is 3.31. The maximum atomic E-state index is 12.1. The molecule has 0 spiro atoms. The molecule has 5 nitrogen and oxygen atoms in total. The fourth-order valence-corrected chi connectivity index (χ4v) is 3.69. The molecule has 0 saturated heterocycles. The first-order chi connectivity index (χ1) is 16.8. The van der Waals surface area contributed by atoms with Crippen molar-refractivity contribution in [3.05, 3.63) is 77.8 Å². The number of thiophene rings is 1. The molecule has 0 aliphatic heterocycles. The molecule has 0 aliphatic carbocycles. The molecule has 0 aliphatic rings. The lowest BCUT2D eigenvalue weighted by molar-refractivity contribution is -0.133. The van der Waals surface area contributed by atoms with Crippen LogP contribution in [0.1, 0.15) is 45.9 Å². The van der Waals surface area contributed by atoms with E-state index in [1.807, 2.05) is 57.2 Å². The average molecular weight is 526 g/mol. The Hall–Kier alpha value is -2.42. The monoisotopic (exact) mass is 525 g/mol. The third-order valence-corrected chi connectivity index (χ3v) is 6.07. The minimum Gasteiger partial charge on any atom is -0.481 e. The summed E-state index contributed by atoms with van der Waals surface area (Å²) in [6, 6.07) is 3.99. The quantitative estimate of drug-likeness (QED) is 0.0644. The number of nitrogens with one attached hydrogen (secondary N) is 1. The van der Waals surface area contributed by atoms with Crippen molar-refractivity contribution in [1.29, 1.82) is 0 Å². The van der Waals surface area contributed by atoms with Crippen molar-refractivity contribution in [2.24, 2.45) is 5.92 Å². The van der Waals surface area contributed by atoms with Gasteiger partial charge in [0.25, 0.3) is 0 Å². The number of thioether (sulfide) groups is 1. The van der Waals surface area contributed by atoms with Gasteiger partial charge in [0.05, 0.1) is 5.75 Å². The summed E-state index contributed by atoms with van der Waals surface area (Å²) in [5, 5.41) is 9.32. The van der Waals surface area contributed by atoms with Gasteiger partial charge >= 0.3 is 5.97 Å². The number of anilines is 1. The van der Waals surface area contributed by atoms with E-state index in [1.165, 1.54) is 22.7 Å². The second kappa shape index (κ2) is 23.3. The zero-order valence-electron chi connectivity index (χ0n) is 21.5. The number of carboxylic acids is 1. The fourth-order valence-electron chi connectivity index (χ4n) is 2.49. The van der Waals surface area contributed by atoms with Crippen molar-refractivity contribution in [3.63, 3.8) is 0 Å². The van der Waals surface area contributed by atoms with Gasteiger partial charge < -0.3 is 5.11 Å². The SMILES string of the molecule is C/C=C(\C=C/CF)C(C)/C=C\C(=C/CC)C(C)=O.C=C.CCc1ccc(NOCSCC(=O)O)s1. The normalized spacial score (nSPS) is 12.5. The Morgan fingerprint density at radius 1 is 1.29 bits per heavy atom. The third kappa shape index (κ3) is 18.6. The number of carbonyl (C=O) groups is 2. The van der Waals surface area contributed by atoms with Crippen LogP contribution in [0.15, 0.2) is 72.9 Å². The molecule has 0 aromatic carbocycles. The van der Waals surface area contributed by atoms with Crippen molar-refractivity contribution in [1.82, 2.24) is 0 Å². The summed E-state index contributed by atoms with van der Waals surface area (Å²) in [7, 11) is 0. The Morgan fingerprint density at radius 3 is 2.46 bits per heavy atom. The van der Waals surface area contributed by atoms with Crippen molar-refractivity contribution in [2.45, 2.75) is 47.5 Å². The molecule has 2 N–H and O–H groups in total. The molecule has 0 fully saturated rings. The highest BCUT2D eigenvalue weighted by Gasteiger charge is 2.03. The molecular formula is C27H40FNO4S2. The number of allylic oxidation sites excluding steroid dienone is 8. The van der Waals surface area contributed by atoms with Gasteiger partial charge in [0.1, 0.15) is 17.6 Å². The molecule has 1 unspecified atom stereocenters. The van der Waals surface area contributed by atoms with E-state index in [0.717, 1.165) is 29.0 Å². The third-order valence-electron chi connectivity index (χ3n) is 4.20. The van der Waals surface area contributed by atoms with E-state index >= 15 is 0 Å². The van der Waals surface area contributed by atoms with Gasteiger partial charge in [-0.05, 0) is 50.3 Å². The number of rotatable bonds is 14. The minimum atomic E-state index is -0.826. The maximum absolute atomic E-state index is 12.1. The predicted molar refractivity (Wildman–Crippen MR) is 151 cm³/mol. The first-order valence-electron chi connectivity index (χ1n) is 11.3. The van der Waals surface area contributed by atoms with Crippen LogP contribution in [-0.2, 0) is 20.8 Å². The van der Waals surface area contributed by atoms with Crippen LogP contribution in [-0.4, -0.2) is 35.2 Å². The number of carbonyl (C=O) groups excluding carboxylic acids is 1. The minimum absolute atomic E-state index is 0.0618. The summed E-state index contributed by atoms with van der Waals surface area (Å²) in [6.07, 6.45) is 12.8. The molecular weight excluding hydrogens is 485 g/mol. The number of aryl methyl sites for hydroxylation is 1. The molecule has 1 aromatic rings. The smallest absolute Gasteiger partial charge is 0.313 e. The number of ketones is 1. The second-order valence-corrected chi connectivity index (χ2v) is 8.94. The Kier molecular flexibility index (Phi) is 23.2. The molecule has 0 saturated carbocycles. The molecule has 1 rings (SSSR count). The second-order valence-electron chi connectivity index (χ2n) is 6.84. The molecule has 0 bridgehead atoms. The van der Waals surface area contributed by atoms with Gasteiger partial charge in [-0.25, -0.2) is 4.39 Å². The topological polar surface area (TPSA) is 75.6 Å². The summed E-state index contributed by atoms with van der Waals surface area (Å²) in [5.74, 6) is -0.204. The molecule has 1 heterocycles. The molecule has 0 amide bonds. The van der Waals surface area contributed by atoms with Crippen LogP contribution in [0, 0.1) is 5.92 Å². The number of hydrogen-bond donors (Lipinski definition) is 2. The molecule has 1 atom stereocenters. The highest BCUT2D eigenvalue weighted by Crippen LogP contribution is 2.22. The largest absolute Gasteiger partial charge is 0.481 e. The molecule has 0 radical (unpaired) electrons. The Labute approximate surface area is 218 Å². The van der Waals surface area contributed by atoms with E-state index in [1.54, 1.807) is 24.3 Å². The van der Waals surface area contributed by atoms with Gasteiger partial charge in [-0.1, -0.05) is 57.2 Å². The molecule has 196 valence electrons. The highest BCUT2D eigenvalue weighted by atomic mass is 32.2. The predicted octanol–water partition coefficient (Wildman–Crippen LogP) is 7.81. The van der Waals surface area contributed by atoms with E-state index in [2.05, 4.69) is 25.6 Å². The summed E-state index contributed by atoms with van der Waals surface area (Å²) in [6.45, 7) is 15.2. The van der Waals surface area contributed by atoms with Gasteiger partial charge in [0, 0.05) is 10.5 Å². The number of alkyl halides is 1. The van der Waals surface area contributed by atoms with Crippen LogP contribution in [0.4, 0.5) is 9.39 Å². The molecule has 8 heteroatoms. The van der Waals surface area contributed by atoms with Crippen molar-refractivity contribution >= 4 is 39.9 Å². The van der Waals surface area contributed by atoms with E-state index < -0.39 is 12.6 Å². The summed E-state index contributed by atoms with van der Waals surface area (Å²) >= 11 is 2.85. The lowest BCUT2D eigenvalue weighted by Gasteiger charge is -2.07. The lowest BCUT2D eigenvalue weighted by Crippen LogP contribution is -2.03. The Bertz CT molecular complexity index is 844. The maximum Gasteiger partial charge on any atom is 0.313 e. The Morgan fingerprint density at radius 2 is 1.97 bits per heavy atom. The van der Waals surface area contributed by atoms with Gasteiger partial charge in [0.2, 0.25) is 0 Å². The fraction of sp³-hybridized carbons (Fsp3) is 0.407. The summed E-state index contributed by atoms with van der Waals surface area (Å²) in [4.78, 5) is 27.9. The number of aliphatic carboxylic acids is 1. The number of hydrogen-bond acceptors (Lipinski definition) is 6. The van der Waals surface area contributed by atoms with E-state index in [4.69, 9.17) is 9.94 Å². The summed E-state index contributed by atoms with van der Waals surface area (Å²) in [5.41, 5.74) is 4.55. The van der Waals surface area contributed by atoms with E-state index in [-0.39, 0.29) is 17.5 Å². The molecule has 35 heavy (non-hydrogen) atoms. The van der Waals surface area contributed by atoms with Gasteiger partial charge in [-0.3, -0.25) is 19.9 Å². The highest BCUT2D eigenvalue weighted by molar-refractivity contribution is 7.99. The van der Waals surface area contributed by atoms with Crippen LogP contribution in [0.3, 0.4) is 0 Å². The van der Waals surface area contributed by atoms with Crippen LogP contribution in [0.2, 0.25) is 0 Å². The van der Waals surface area contributed by atoms with Crippen LogP contribution >= 0.6 is 23.1 Å². The molecule has 1 aromatic heterocycles. The standard InChI is InChI=1S/C16H23FO.C9H13NO3S2.C2H4/c1-5-8-16(14(4)18)11-10-13(3)15(6-2)9-7-12-17;1-2-7-3-4-8(15-7)10-13-6-14-5-9(11)12;1-2/h6-11,13H,5,12H2,1-4H3;3-4,10H,2,5-6H2,1H3,(H,11,12);1-2H2/b9-7-,11-10-,15-6+,16-8+;;. The van der Waals surface area contributed by atoms with E-state index in [9.17, 15) is 14.0 Å². The van der Waals surface area contributed by atoms with Crippen LogP contribution in [0.5, 0.6) is 0 Å². The zero-order chi connectivity index (χ0) is 27.1. The van der Waals surface area contributed by atoms with Gasteiger partial charge in [-0.15, -0.1) is 36.3 Å². The Balaban J connectivity index is 0. The number of Topliss-reactive ketones (excluding diaryl/α,β-unsaturated/α-hetero) is 1. The van der Waals surface area contributed by atoms with Crippen molar-refractivity contribution in [3.8, 4) is 0 Å². The zero-order valence-corrected chi connectivity index (χ0v) is 23.1. The van der Waals surface area contributed by atoms with Crippen LogP contribution in [0.25, 0.3) is 0 Å². The number of carboxylic acid groups (broad SMARTS) is 1. The lowest BCUT2D eigenvalue weighted by atomic mass is 9.98. The van der Waals surface area contributed by atoms with Crippen LogP contribution < -0.4 is 5.48 Å². The van der Waals surface area contributed by atoms with Crippen molar-refractivity contribution < 1.29 is 23.9 Å². The first-order valence-corrected chi connectivity index (χ1v) is 13.3.